The summed E-state index contributed by atoms with van der Waals surface area (Å²) in [7, 11) is -4.11. The first-order valence-electron chi connectivity index (χ1n) is 11.3. The van der Waals surface area contributed by atoms with Crippen LogP contribution in [-0.4, -0.2) is 23.9 Å². The van der Waals surface area contributed by atoms with Crippen molar-refractivity contribution in [3.63, 3.8) is 0 Å². The number of anilines is 1. The van der Waals surface area contributed by atoms with Crippen LogP contribution in [0.3, 0.4) is 0 Å². The molecular weight excluding hydrogens is 462 g/mol. The standard InChI is InChI=1S/C27H27N3O4S/c1-17(2)20-8-10-21(11-9-20)29-25(31)16-30-15-24(26(32)23-14-7-19(4)28-27(23)30)35(33,34)22-12-5-18(3)6-13-22/h5-15,17H,16H2,1-4H3,(H,29,31). The number of carbonyl (C=O) groups is 1. The molecule has 0 saturated heterocycles. The number of nitrogens with one attached hydrogen (secondary N) is 1. The first-order chi connectivity index (χ1) is 16.6. The molecule has 0 bridgehead atoms. The number of hydrogen-bond acceptors (Lipinski definition) is 5. The van der Waals surface area contributed by atoms with E-state index in [0.29, 0.717) is 17.3 Å². The largest absolute Gasteiger partial charge is 0.325 e. The van der Waals surface area contributed by atoms with Crippen molar-refractivity contribution >= 4 is 32.5 Å². The van der Waals surface area contributed by atoms with Crippen LogP contribution in [0.15, 0.2) is 81.4 Å². The summed E-state index contributed by atoms with van der Waals surface area (Å²) in [5, 5.41) is 2.97. The molecule has 1 N–H and O–H groups in total. The van der Waals surface area contributed by atoms with Gasteiger partial charge in [-0.05, 0) is 61.7 Å². The van der Waals surface area contributed by atoms with Gasteiger partial charge in [0.05, 0.1) is 10.3 Å². The van der Waals surface area contributed by atoms with Gasteiger partial charge < -0.3 is 9.88 Å². The Morgan fingerprint density at radius 2 is 1.63 bits per heavy atom. The number of fused-ring (bicyclic) bond motifs is 1. The maximum absolute atomic E-state index is 13.4. The molecule has 0 radical (unpaired) electrons. The fraction of sp³-hybridized carbons (Fsp3) is 0.222. The number of amides is 1. The number of aromatic nitrogens is 2. The molecule has 4 aromatic rings. The molecule has 2 aromatic heterocycles. The second kappa shape index (κ2) is 9.46. The summed E-state index contributed by atoms with van der Waals surface area (Å²) in [6.07, 6.45) is 1.22. The van der Waals surface area contributed by atoms with Crippen LogP contribution >= 0.6 is 0 Å². The molecule has 7 nitrogen and oxygen atoms in total. The molecule has 2 aromatic carbocycles. The van der Waals surface area contributed by atoms with E-state index in [1.165, 1.54) is 22.9 Å². The van der Waals surface area contributed by atoms with Crippen molar-refractivity contribution in [1.29, 1.82) is 0 Å². The van der Waals surface area contributed by atoms with Gasteiger partial charge in [-0.1, -0.05) is 43.7 Å². The third-order valence-electron chi connectivity index (χ3n) is 5.82. The Bertz CT molecular complexity index is 1570. The van der Waals surface area contributed by atoms with Gasteiger partial charge in [-0.2, -0.15) is 0 Å². The van der Waals surface area contributed by atoms with E-state index in [1.54, 1.807) is 31.2 Å². The van der Waals surface area contributed by atoms with E-state index < -0.39 is 20.2 Å². The number of rotatable bonds is 6. The molecule has 0 atom stereocenters. The van der Waals surface area contributed by atoms with Crippen LogP contribution in [0.2, 0.25) is 0 Å². The van der Waals surface area contributed by atoms with E-state index in [9.17, 15) is 18.0 Å². The average molecular weight is 490 g/mol. The predicted molar refractivity (Wildman–Crippen MR) is 137 cm³/mol. The van der Waals surface area contributed by atoms with Crippen molar-refractivity contribution in [2.45, 2.75) is 49.9 Å². The molecule has 8 heteroatoms. The Morgan fingerprint density at radius 3 is 2.26 bits per heavy atom. The molecule has 0 spiro atoms. The summed E-state index contributed by atoms with van der Waals surface area (Å²) >= 11 is 0. The minimum Gasteiger partial charge on any atom is -0.325 e. The fourth-order valence-corrected chi connectivity index (χ4v) is 5.16. The highest BCUT2D eigenvalue weighted by Crippen LogP contribution is 2.22. The molecule has 1 amide bonds. The first-order valence-corrected chi connectivity index (χ1v) is 12.8. The van der Waals surface area contributed by atoms with E-state index in [2.05, 4.69) is 24.1 Å². The van der Waals surface area contributed by atoms with Crippen LogP contribution in [0.1, 0.15) is 36.6 Å². The van der Waals surface area contributed by atoms with Crippen molar-refractivity contribution < 1.29 is 13.2 Å². The molecular formula is C27H27N3O4S. The molecule has 2 heterocycles. The van der Waals surface area contributed by atoms with Gasteiger partial charge in [0.15, 0.2) is 0 Å². The molecule has 0 aliphatic heterocycles. The van der Waals surface area contributed by atoms with Crippen LogP contribution in [-0.2, 0) is 21.2 Å². The number of hydrogen-bond donors (Lipinski definition) is 1. The van der Waals surface area contributed by atoms with Gasteiger partial charge in [0.1, 0.15) is 17.1 Å². The van der Waals surface area contributed by atoms with Gasteiger partial charge in [-0.15, -0.1) is 0 Å². The lowest BCUT2D eigenvalue weighted by atomic mass is 10.0. The Balaban J connectivity index is 1.76. The van der Waals surface area contributed by atoms with Crippen LogP contribution in [0.5, 0.6) is 0 Å². The lowest BCUT2D eigenvalue weighted by Gasteiger charge is -2.14. The Kier molecular flexibility index (Phi) is 6.58. The summed E-state index contributed by atoms with van der Waals surface area (Å²) in [5.74, 6) is 0.00438. The van der Waals surface area contributed by atoms with Crippen LogP contribution in [0, 0.1) is 13.8 Å². The maximum atomic E-state index is 13.4. The molecule has 4 rings (SSSR count). The van der Waals surface area contributed by atoms with Crippen molar-refractivity contribution in [1.82, 2.24) is 9.55 Å². The average Bonchev–Trinajstić information content (AvgIpc) is 2.81. The fourth-order valence-electron chi connectivity index (χ4n) is 3.80. The third-order valence-corrected chi connectivity index (χ3v) is 7.59. The monoisotopic (exact) mass is 489 g/mol. The van der Waals surface area contributed by atoms with Crippen molar-refractivity contribution in [2.75, 3.05) is 5.32 Å². The predicted octanol–water partition coefficient (Wildman–Crippen LogP) is 4.61. The normalized spacial score (nSPS) is 11.7. The summed E-state index contributed by atoms with van der Waals surface area (Å²) in [4.78, 5) is 30.1. The SMILES string of the molecule is Cc1ccc(S(=O)(=O)c2cn(CC(=O)Nc3ccc(C(C)C)cc3)c3nc(C)ccc3c2=O)cc1. The molecule has 0 aliphatic rings. The quantitative estimate of drug-likeness (QED) is 0.427. The Morgan fingerprint density at radius 1 is 0.971 bits per heavy atom. The molecule has 0 aliphatic carbocycles. The van der Waals surface area contributed by atoms with Crippen LogP contribution in [0.25, 0.3) is 11.0 Å². The van der Waals surface area contributed by atoms with Crippen LogP contribution < -0.4 is 10.7 Å². The Labute approximate surface area is 204 Å². The number of sulfone groups is 1. The number of carbonyl (C=O) groups excluding carboxylic acids is 1. The van der Waals surface area contributed by atoms with E-state index in [4.69, 9.17) is 0 Å². The second-order valence-corrected chi connectivity index (χ2v) is 10.8. The summed E-state index contributed by atoms with van der Waals surface area (Å²) in [6.45, 7) is 7.58. The lowest BCUT2D eigenvalue weighted by molar-refractivity contribution is -0.116. The highest BCUT2D eigenvalue weighted by Gasteiger charge is 2.25. The van der Waals surface area contributed by atoms with Crippen molar-refractivity contribution in [2.24, 2.45) is 0 Å². The van der Waals surface area contributed by atoms with Crippen molar-refractivity contribution in [3.05, 3.63) is 93.9 Å². The van der Waals surface area contributed by atoms with Gasteiger partial charge in [-0.3, -0.25) is 9.59 Å². The van der Waals surface area contributed by atoms with Crippen LogP contribution in [0.4, 0.5) is 5.69 Å². The van der Waals surface area contributed by atoms with Crippen molar-refractivity contribution in [3.8, 4) is 0 Å². The summed E-state index contributed by atoms with van der Waals surface area (Å²) in [5.41, 5.74) is 2.93. The van der Waals surface area contributed by atoms with Gasteiger partial charge in [0, 0.05) is 17.6 Å². The number of benzene rings is 2. The molecule has 0 fully saturated rings. The highest BCUT2D eigenvalue weighted by molar-refractivity contribution is 7.91. The van der Waals surface area contributed by atoms with E-state index in [1.807, 2.05) is 31.2 Å². The zero-order chi connectivity index (χ0) is 25.3. The van der Waals surface area contributed by atoms with Gasteiger partial charge in [-0.25, -0.2) is 13.4 Å². The van der Waals surface area contributed by atoms with E-state index in [-0.39, 0.29) is 28.4 Å². The zero-order valence-corrected chi connectivity index (χ0v) is 20.9. The summed E-state index contributed by atoms with van der Waals surface area (Å²) < 4.78 is 28.1. The number of nitrogens with zero attached hydrogens (tertiary/aromatic N) is 2. The third kappa shape index (κ3) is 5.02. The molecule has 180 valence electrons. The first kappa shape index (κ1) is 24.3. The Hall–Kier alpha value is -3.78. The second-order valence-electron chi connectivity index (χ2n) is 8.92. The number of pyridine rings is 2. The topological polar surface area (TPSA) is 98.1 Å². The minimum atomic E-state index is -4.11. The van der Waals surface area contributed by atoms with E-state index in [0.717, 1.165) is 11.1 Å². The van der Waals surface area contributed by atoms with Gasteiger partial charge in [0.25, 0.3) is 0 Å². The molecule has 0 saturated carbocycles. The summed E-state index contributed by atoms with van der Waals surface area (Å²) in [6, 6.07) is 17.0. The lowest BCUT2D eigenvalue weighted by Crippen LogP contribution is -2.24. The molecule has 35 heavy (non-hydrogen) atoms. The highest BCUT2D eigenvalue weighted by atomic mass is 32.2. The van der Waals surface area contributed by atoms with Gasteiger partial charge >= 0.3 is 0 Å². The van der Waals surface area contributed by atoms with Gasteiger partial charge in [0.2, 0.25) is 21.2 Å². The zero-order valence-electron chi connectivity index (χ0n) is 20.1. The van der Waals surface area contributed by atoms with E-state index >= 15 is 0 Å². The molecule has 0 unspecified atom stereocenters. The minimum absolute atomic E-state index is 0.0147. The smallest absolute Gasteiger partial charge is 0.244 e. The maximum Gasteiger partial charge on any atom is 0.244 e. The number of aryl methyl sites for hydroxylation is 2.